The second-order valence-electron chi connectivity index (χ2n) is 6.01. The Kier molecular flexibility index (Phi) is 6.27. The van der Waals surface area contributed by atoms with Crippen molar-refractivity contribution in [3.05, 3.63) is 41.5 Å². The summed E-state index contributed by atoms with van der Waals surface area (Å²) in [6, 6.07) is 7.27. The van der Waals surface area contributed by atoms with Gasteiger partial charge in [-0.15, -0.1) is 11.8 Å². The lowest BCUT2D eigenvalue weighted by molar-refractivity contribution is -0.134. The Bertz CT molecular complexity index is 795. The summed E-state index contributed by atoms with van der Waals surface area (Å²) in [6.45, 7) is 0. The number of benzene rings is 1. The van der Waals surface area contributed by atoms with Gasteiger partial charge in [0.05, 0.1) is 5.03 Å². The minimum atomic E-state index is -1.26. The largest absolute Gasteiger partial charge is 0.478 e. The van der Waals surface area contributed by atoms with Crippen LogP contribution in [0.3, 0.4) is 0 Å². The van der Waals surface area contributed by atoms with E-state index in [0.29, 0.717) is 18.2 Å². The molecule has 0 saturated carbocycles. The zero-order valence-electron chi connectivity index (χ0n) is 14.4. The van der Waals surface area contributed by atoms with Crippen LogP contribution in [0.15, 0.2) is 35.4 Å². The first-order valence-corrected chi connectivity index (χ1v) is 9.02. The Morgan fingerprint density at radius 1 is 1.20 bits per heavy atom. The molecular weight excluding hydrogens is 340 g/mol. The molecule has 0 saturated heterocycles. The third kappa shape index (κ3) is 4.64. The zero-order chi connectivity index (χ0) is 18.6. The predicted molar refractivity (Wildman–Crippen MR) is 99.4 cm³/mol. The number of carboxylic acid groups (broad SMARTS) is 2. The van der Waals surface area contributed by atoms with Gasteiger partial charge in [-0.3, -0.25) is 0 Å². The fraction of sp³-hybridized carbons (Fsp3) is 0.333. The first-order chi connectivity index (χ1) is 11.8. The third-order valence-corrected chi connectivity index (χ3v) is 4.93. The van der Waals surface area contributed by atoms with Crippen LogP contribution in [0, 0.1) is 0 Å². The average Bonchev–Trinajstić information content (AvgIpc) is 2.93. The Hall–Kier alpha value is -2.25. The molecule has 0 fully saturated rings. The lowest BCUT2D eigenvalue weighted by atomic mass is 9.89. The Morgan fingerprint density at radius 3 is 2.36 bits per heavy atom. The van der Waals surface area contributed by atoms with E-state index < -0.39 is 11.9 Å². The number of carboxylic acids is 2. The molecular formula is C18H22N2O4S. The summed E-state index contributed by atoms with van der Waals surface area (Å²) < 4.78 is 0. The number of carbonyl (C=O) groups is 2. The van der Waals surface area contributed by atoms with Crippen LogP contribution in [0.4, 0.5) is 0 Å². The van der Waals surface area contributed by atoms with Crippen molar-refractivity contribution in [1.82, 2.24) is 9.88 Å². The molecule has 0 aliphatic heterocycles. The van der Waals surface area contributed by atoms with Crippen molar-refractivity contribution >= 4 is 34.6 Å². The molecule has 1 aliphatic carbocycles. The van der Waals surface area contributed by atoms with Gasteiger partial charge in [0.2, 0.25) is 0 Å². The van der Waals surface area contributed by atoms with Crippen molar-refractivity contribution in [2.75, 3.05) is 20.4 Å². The molecule has 1 aliphatic rings. The van der Waals surface area contributed by atoms with Gasteiger partial charge in [0.15, 0.2) is 0 Å². The Balaban J connectivity index is 0.000000242. The number of hydrogen-bond donors (Lipinski definition) is 3. The van der Waals surface area contributed by atoms with Gasteiger partial charge in [-0.1, -0.05) is 12.1 Å². The summed E-state index contributed by atoms with van der Waals surface area (Å²) in [5.41, 5.74) is 4.33. The highest BCUT2D eigenvalue weighted by atomic mass is 32.2. The van der Waals surface area contributed by atoms with E-state index in [1.165, 1.54) is 39.9 Å². The second-order valence-corrected chi connectivity index (χ2v) is 6.83. The molecule has 1 aromatic carbocycles. The molecule has 25 heavy (non-hydrogen) atoms. The highest BCUT2D eigenvalue weighted by Crippen LogP contribution is 2.36. The molecule has 7 heteroatoms. The van der Waals surface area contributed by atoms with Crippen LogP contribution in [-0.4, -0.2) is 58.4 Å². The van der Waals surface area contributed by atoms with Gasteiger partial charge in [0, 0.05) is 29.1 Å². The molecule has 1 heterocycles. The monoisotopic (exact) mass is 362 g/mol. The number of hydrogen-bond acceptors (Lipinski definition) is 4. The average molecular weight is 362 g/mol. The van der Waals surface area contributed by atoms with Gasteiger partial charge in [0.1, 0.15) is 0 Å². The molecule has 0 radical (unpaired) electrons. The van der Waals surface area contributed by atoms with E-state index in [1.807, 2.05) is 11.8 Å². The highest BCUT2D eigenvalue weighted by molar-refractivity contribution is 7.98. The minimum absolute atomic E-state index is 0.558. The van der Waals surface area contributed by atoms with E-state index >= 15 is 0 Å². The van der Waals surface area contributed by atoms with Gasteiger partial charge in [-0.25, -0.2) is 9.59 Å². The van der Waals surface area contributed by atoms with E-state index in [0.717, 1.165) is 0 Å². The smallest absolute Gasteiger partial charge is 0.328 e. The summed E-state index contributed by atoms with van der Waals surface area (Å²) >= 11 is 1.83. The second kappa shape index (κ2) is 8.22. The number of nitrogens with zero attached hydrogens (tertiary/aromatic N) is 1. The topological polar surface area (TPSA) is 93.6 Å². The number of aromatic amines is 1. The fourth-order valence-corrected chi connectivity index (χ4v) is 3.62. The van der Waals surface area contributed by atoms with Crippen molar-refractivity contribution in [3.63, 3.8) is 0 Å². The standard InChI is InChI=1S/C14H18N2S.C4H4O4/c1-16(2)10-7-9-5-4-6-12-13(9)11(8-10)14(15-12)17-3;5-3(6)1-2-4(7)8/h4-6,10,15H,7-8H2,1-3H3;1-2H,(H,5,6)(H,7,8)/b;2-1-. The number of thioether (sulfide) groups is 1. The van der Waals surface area contributed by atoms with Crippen molar-refractivity contribution in [2.24, 2.45) is 0 Å². The van der Waals surface area contributed by atoms with Crippen molar-refractivity contribution in [1.29, 1.82) is 0 Å². The van der Waals surface area contributed by atoms with Crippen molar-refractivity contribution in [3.8, 4) is 0 Å². The number of aromatic nitrogens is 1. The summed E-state index contributed by atoms with van der Waals surface area (Å²) in [4.78, 5) is 25.0. The van der Waals surface area contributed by atoms with E-state index in [9.17, 15) is 9.59 Å². The molecule has 3 N–H and O–H groups in total. The summed E-state index contributed by atoms with van der Waals surface area (Å²) in [6.07, 6.45) is 5.61. The predicted octanol–water partition coefficient (Wildman–Crippen LogP) is 2.63. The minimum Gasteiger partial charge on any atom is -0.478 e. The van der Waals surface area contributed by atoms with Crippen LogP contribution in [0.1, 0.15) is 11.1 Å². The normalized spacial score (nSPS) is 16.1. The first kappa shape index (κ1) is 19.1. The molecule has 0 bridgehead atoms. The van der Waals surface area contributed by atoms with E-state index in [-0.39, 0.29) is 0 Å². The van der Waals surface area contributed by atoms with Gasteiger partial charge < -0.3 is 20.1 Å². The summed E-state index contributed by atoms with van der Waals surface area (Å²) in [5, 5.41) is 18.5. The quantitative estimate of drug-likeness (QED) is 0.572. The lowest BCUT2D eigenvalue weighted by Crippen LogP contribution is -2.34. The molecule has 3 rings (SSSR count). The summed E-state index contributed by atoms with van der Waals surface area (Å²) in [7, 11) is 4.36. The molecule has 1 atom stereocenters. The maximum Gasteiger partial charge on any atom is 0.328 e. The number of nitrogens with one attached hydrogen (secondary N) is 1. The van der Waals surface area contributed by atoms with Crippen molar-refractivity contribution < 1.29 is 19.8 Å². The summed E-state index contributed by atoms with van der Waals surface area (Å²) in [5.74, 6) is -2.51. The first-order valence-electron chi connectivity index (χ1n) is 7.80. The molecule has 1 aromatic heterocycles. The fourth-order valence-electron chi connectivity index (χ4n) is 2.98. The van der Waals surface area contributed by atoms with E-state index in [2.05, 4.69) is 48.4 Å². The Labute approximate surface area is 150 Å². The molecule has 1 unspecified atom stereocenters. The van der Waals surface area contributed by atoms with Gasteiger partial charge in [-0.2, -0.15) is 0 Å². The van der Waals surface area contributed by atoms with Crippen molar-refractivity contribution in [2.45, 2.75) is 23.9 Å². The SMILES string of the molecule is CSc1[nH]c2cccc3c2c1CC(N(C)C)C3.O=C(O)/C=C\C(=O)O. The van der Waals surface area contributed by atoms with Gasteiger partial charge >= 0.3 is 11.9 Å². The number of rotatable bonds is 4. The maximum absolute atomic E-state index is 9.55. The zero-order valence-corrected chi connectivity index (χ0v) is 15.3. The van der Waals surface area contributed by atoms with E-state index in [4.69, 9.17) is 10.2 Å². The van der Waals surface area contributed by atoms with Crippen LogP contribution in [0.25, 0.3) is 10.9 Å². The number of likely N-dealkylation sites (N-methyl/N-ethyl adjacent to an activating group) is 1. The van der Waals surface area contributed by atoms with Crippen LogP contribution in [0.2, 0.25) is 0 Å². The molecule has 0 amide bonds. The third-order valence-electron chi connectivity index (χ3n) is 4.17. The van der Waals surface area contributed by atoms with Gasteiger partial charge in [-0.05, 0) is 50.4 Å². The molecule has 0 spiro atoms. The van der Waals surface area contributed by atoms with Crippen LogP contribution >= 0.6 is 11.8 Å². The Morgan fingerprint density at radius 2 is 1.84 bits per heavy atom. The van der Waals surface area contributed by atoms with Crippen LogP contribution in [0.5, 0.6) is 0 Å². The molecule has 134 valence electrons. The number of aliphatic carboxylic acids is 2. The van der Waals surface area contributed by atoms with Crippen LogP contribution in [-0.2, 0) is 22.4 Å². The maximum atomic E-state index is 9.55. The van der Waals surface area contributed by atoms with Crippen LogP contribution < -0.4 is 0 Å². The number of H-pyrrole nitrogens is 1. The lowest BCUT2D eigenvalue weighted by Gasteiger charge is -2.28. The molecule has 2 aromatic rings. The molecule has 6 nitrogen and oxygen atoms in total. The highest BCUT2D eigenvalue weighted by Gasteiger charge is 2.25. The van der Waals surface area contributed by atoms with Gasteiger partial charge in [0.25, 0.3) is 0 Å². The van der Waals surface area contributed by atoms with E-state index in [1.54, 1.807) is 0 Å².